The van der Waals surface area contributed by atoms with Crippen molar-refractivity contribution < 1.29 is 4.74 Å². The predicted molar refractivity (Wildman–Crippen MR) is 44.7 cm³/mol. The molecule has 0 fully saturated rings. The van der Waals surface area contributed by atoms with Crippen LogP contribution in [0.1, 0.15) is 5.69 Å². The minimum absolute atomic E-state index is 0.614. The maximum absolute atomic E-state index is 5.37. The van der Waals surface area contributed by atoms with Crippen molar-refractivity contribution in [1.82, 2.24) is 15.0 Å². The molecule has 0 unspecified atom stereocenters. The normalized spacial score (nSPS) is 10.5. The Kier molecular flexibility index (Phi) is 3.69. The molecule has 5 nitrogen and oxygen atoms in total. The first-order valence-corrected chi connectivity index (χ1v) is 3.95. The van der Waals surface area contributed by atoms with Crippen LogP contribution in [0.15, 0.2) is 6.20 Å². The highest BCUT2D eigenvalue weighted by molar-refractivity contribution is 4.92. The average molecular weight is 170 g/mol. The molecule has 1 aromatic rings. The Balaban J connectivity index is 2.41. The van der Waals surface area contributed by atoms with Gasteiger partial charge in [-0.2, -0.15) is 0 Å². The molecule has 0 amide bonds. The maximum atomic E-state index is 5.37. The first kappa shape index (κ1) is 9.15. The van der Waals surface area contributed by atoms with E-state index in [9.17, 15) is 0 Å². The van der Waals surface area contributed by atoms with Gasteiger partial charge in [-0.05, 0) is 6.54 Å². The lowest BCUT2D eigenvalue weighted by atomic mass is 10.3. The van der Waals surface area contributed by atoms with Crippen molar-refractivity contribution in [2.75, 3.05) is 20.3 Å². The van der Waals surface area contributed by atoms with Crippen molar-refractivity contribution in [3.63, 3.8) is 0 Å². The van der Waals surface area contributed by atoms with E-state index >= 15 is 0 Å². The predicted octanol–water partition coefficient (Wildman–Crippen LogP) is -0.574. The van der Waals surface area contributed by atoms with Crippen LogP contribution < -0.4 is 5.73 Å². The zero-order valence-corrected chi connectivity index (χ0v) is 7.23. The summed E-state index contributed by atoms with van der Waals surface area (Å²) in [6.45, 7) is 2.02. The van der Waals surface area contributed by atoms with Gasteiger partial charge >= 0.3 is 0 Å². The van der Waals surface area contributed by atoms with E-state index < -0.39 is 0 Å². The monoisotopic (exact) mass is 170 g/mol. The fraction of sp³-hybridized carbons (Fsp3) is 0.714. The van der Waals surface area contributed by atoms with E-state index in [1.807, 2.05) is 6.20 Å². The first-order valence-electron chi connectivity index (χ1n) is 3.95. The average Bonchev–Trinajstić information content (AvgIpc) is 2.50. The molecule has 0 atom stereocenters. The van der Waals surface area contributed by atoms with Crippen molar-refractivity contribution >= 4 is 0 Å². The van der Waals surface area contributed by atoms with Crippen LogP contribution in [0.25, 0.3) is 0 Å². The quantitative estimate of drug-likeness (QED) is 0.642. The van der Waals surface area contributed by atoms with Gasteiger partial charge in [0.25, 0.3) is 0 Å². The summed E-state index contributed by atoms with van der Waals surface area (Å²) in [5.41, 5.74) is 6.31. The van der Waals surface area contributed by atoms with E-state index in [1.54, 1.807) is 11.8 Å². The Hall–Kier alpha value is -0.940. The number of aromatic nitrogens is 3. The number of methoxy groups -OCH3 is 1. The second-order valence-electron chi connectivity index (χ2n) is 2.50. The smallest absolute Gasteiger partial charge is 0.0839 e. The van der Waals surface area contributed by atoms with Gasteiger partial charge in [-0.1, -0.05) is 5.21 Å². The van der Waals surface area contributed by atoms with Gasteiger partial charge in [0, 0.05) is 19.7 Å². The minimum atomic E-state index is 0.614. The van der Waals surface area contributed by atoms with Crippen LogP contribution in [0.5, 0.6) is 0 Å². The van der Waals surface area contributed by atoms with Crippen LogP contribution in [0.3, 0.4) is 0 Å². The van der Waals surface area contributed by atoms with Crippen molar-refractivity contribution in [3.8, 4) is 0 Å². The number of hydrogen-bond donors (Lipinski definition) is 1. The standard InChI is InChI=1S/C7H14N4O/c1-12-5-4-11-6-7(2-3-8)9-10-11/h6H,2-5,8H2,1H3. The molecule has 0 saturated heterocycles. The largest absolute Gasteiger partial charge is 0.383 e. The molecule has 0 bridgehead atoms. The van der Waals surface area contributed by atoms with E-state index in [-0.39, 0.29) is 0 Å². The third-order valence-corrected chi connectivity index (χ3v) is 1.51. The molecule has 68 valence electrons. The lowest BCUT2D eigenvalue weighted by molar-refractivity contribution is 0.183. The summed E-state index contributed by atoms with van der Waals surface area (Å²) in [4.78, 5) is 0. The van der Waals surface area contributed by atoms with Crippen molar-refractivity contribution in [1.29, 1.82) is 0 Å². The molecule has 2 N–H and O–H groups in total. The summed E-state index contributed by atoms with van der Waals surface area (Å²) < 4.78 is 6.66. The summed E-state index contributed by atoms with van der Waals surface area (Å²) in [6.07, 6.45) is 2.68. The van der Waals surface area contributed by atoms with E-state index in [4.69, 9.17) is 10.5 Å². The summed E-state index contributed by atoms with van der Waals surface area (Å²) in [5.74, 6) is 0. The van der Waals surface area contributed by atoms with Crippen molar-refractivity contribution in [3.05, 3.63) is 11.9 Å². The van der Waals surface area contributed by atoms with Crippen LogP contribution >= 0.6 is 0 Å². The van der Waals surface area contributed by atoms with Gasteiger partial charge in [0.15, 0.2) is 0 Å². The van der Waals surface area contributed by atoms with Gasteiger partial charge in [-0.3, -0.25) is 0 Å². The molecular formula is C7H14N4O. The molecule has 0 aromatic carbocycles. The first-order chi connectivity index (χ1) is 5.86. The third kappa shape index (κ3) is 2.60. The van der Waals surface area contributed by atoms with Crippen molar-refractivity contribution in [2.24, 2.45) is 5.73 Å². The van der Waals surface area contributed by atoms with Crippen LogP contribution in [0.2, 0.25) is 0 Å². The molecule has 0 spiro atoms. The van der Waals surface area contributed by atoms with Crippen LogP contribution in [0.4, 0.5) is 0 Å². The van der Waals surface area contributed by atoms with Crippen LogP contribution in [-0.2, 0) is 17.7 Å². The molecule has 0 aliphatic rings. The van der Waals surface area contributed by atoms with Gasteiger partial charge in [0.1, 0.15) is 0 Å². The van der Waals surface area contributed by atoms with E-state index in [2.05, 4.69) is 10.3 Å². The molecule has 0 aliphatic carbocycles. The highest BCUT2D eigenvalue weighted by Gasteiger charge is 1.97. The Labute approximate surface area is 71.5 Å². The molecule has 1 aromatic heterocycles. The Morgan fingerprint density at radius 3 is 3.17 bits per heavy atom. The van der Waals surface area contributed by atoms with E-state index in [0.717, 1.165) is 18.7 Å². The van der Waals surface area contributed by atoms with Gasteiger partial charge in [-0.15, -0.1) is 5.10 Å². The summed E-state index contributed by atoms with van der Waals surface area (Å²) >= 11 is 0. The summed E-state index contributed by atoms with van der Waals surface area (Å²) in [7, 11) is 1.66. The highest BCUT2D eigenvalue weighted by Crippen LogP contribution is 1.92. The molecular weight excluding hydrogens is 156 g/mol. The van der Waals surface area contributed by atoms with Crippen LogP contribution in [-0.4, -0.2) is 35.3 Å². The van der Waals surface area contributed by atoms with Gasteiger partial charge < -0.3 is 10.5 Å². The van der Waals surface area contributed by atoms with E-state index in [1.165, 1.54) is 0 Å². The molecule has 0 saturated carbocycles. The fourth-order valence-electron chi connectivity index (χ4n) is 0.895. The van der Waals surface area contributed by atoms with Gasteiger partial charge in [-0.25, -0.2) is 4.68 Å². The van der Waals surface area contributed by atoms with Crippen LogP contribution in [0, 0.1) is 0 Å². The number of hydrogen-bond acceptors (Lipinski definition) is 4. The fourth-order valence-corrected chi connectivity index (χ4v) is 0.895. The Morgan fingerprint density at radius 2 is 2.50 bits per heavy atom. The third-order valence-electron chi connectivity index (χ3n) is 1.51. The topological polar surface area (TPSA) is 66.0 Å². The molecule has 1 rings (SSSR count). The Bertz CT molecular complexity index is 223. The molecule has 1 heterocycles. The zero-order valence-electron chi connectivity index (χ0n) is 7.23. The highest BCUT2D eigenvalue weighted by atomic mass is 16.5. The lowest BCUT2D eigenvalue weighted by Crippen LogP contribution is -2.04. The second kappa shape index (κ2) is 4.84. The second-order valence-corrected chi connectivity index (χ2v) is 2.50. The lowest BCUT2D eigenvalue weighted by Gasteiger charge is -1.96. The molecule has 0 aliphatic heterocycles. The number of rotatable bonds is 5. The van der Waals surface area contributed by atoms with Gasteiger partial charge in [0.05, 0.1) is 18.8 Å². The van der Waals surface area contributed by atoms with Crippen molar-refractivity contribution in [2.45, 2.75) is 13.0 Å². The molecule has 0 radical (unpaired) electrons. The Morgan fingerprint density at radius 1 is 1.67 bits per heavy atom. The molecule has 12 heavy (non-hydrogen) atoms. The van der Waals surface area contributed by atoms with Gasteiger partial charge in [0.2, 0.25) is 0 Å². The SMILES string of the molecule is COCCn1cc(CCN)nn1. The summed E-state index contributed by atoms with van der Waals surface area (Å²) in [6, 6.07) is 0. The van der Waals surface area contributed by atoms with E-state index in [0.29, 0.717) is 13.2 Å². The molecule has 5 heteroatoms. The number of nitrogens with zero attached hydrogens (tertiary/aromatic N) is 3. The zero-order chi connectivity index (χ0) is 8.81. The minimum Gasteiger partial charge on any atom is -0.383 e. The number of nitrogens with two attached hydrogens (primary N) is 1. The summed E-state index contributed by atoms with van der Waals surface area (Å²) in [5, 5.41) is 7.84. The maximum Gasteiger partial charge on any atom is 0.0839 e. The number of ether oxygens (including phenoxy) is 1.